The van der Waals surface area contributed by atoms with Gasteiger partial charge in [-0.2, -0.15) is 11.8 Å². The average molecular weight is 359 g/mol. The largest absolute Gasteiger partial charge is 0.332 e. The molecule has 3 amide bonds. The molecule has 6 heteroatoms. The highest BCUT2D eigenvalue weighted by Crippen LogP contribution is 2.34. The third-order valence-electron chi connectivity index (χ3n) is 5.54. The van der Waals surface area contributed by atoms with Crippen LogP contribution in [0.1, 0.15) is 38.2 Å². The van der Waals surface area contributed by atoms with Gasteiger partial charge in [-0.1, -0.05) is 24.6 Å². The molecule has 1 aromatic rings. The maximum atomic E-state index is 12.7. The summed E-state index contributed by atoms with van der Waals surface area (Å²) in [6, 6.07) is 9.01. The molecular formula is C19H25N3O2S. The predicted octanol–water partition coefficient (Wildman–Crippen LogP) is 2.69. The molecule has 0 bridgehead atoms. The highest BCUT2D eigenvalue weighted by Gasteiger charge is 2.42. The second-order valence-corrected chi connectivity index (χ2v) is 8.59. The molecule has 0 unspecified atom stereocenters. The molecular weight excluding hydrogens is 334 g/mol. The molecule has 0 aromatic heterocycles. The minimum absolute atomic E-state index is 0.0304. The van der Waals surface area contributed by atoms with Crippen LogP contribution in [0.15, 0.2) is 24.3 Å². The fourth-order valence-electron chi connectivity index (χ4n) is 4.33. The summed E-state index contributed by atoms with van der Waals surface area (Å²) < 4.78 is 0. The molecule has 3 aliphatic rings. The second-order valence-electron chi connectivity index (χ2n) is 7.31. The fraction of sp³-hybridized carbons (Fsp3) is 0.579. The molecule has 2 fully saturated rings. The van der Waals surface area contributed by atoms with Gasteiger partial charge in [-0.15, -0.1) is 0 Å². The molecule has 0 radical (unpaired) electrons. The molecule has 5 nitrogen and oxygen atoms in total. The van der Waals surface area contributed by atoms with Crippen LogP contribution >= 0.6 is 11.8 Å². The molecule has 0 saturated carbocycles. The Balaban J connectivity index is 1.25. The molecule has 0 aliphatic carbocycles. The zero-order valence-electron chi connectivity index (χ0n) is 14.5. The smallest absolute Gasteiger partial charge is 0.315 e. The number of para-hydroxylation sites is 1. The first kappa shape index (κ1) is 16.8. The van der Waals surface area contributed by atoms with E-state index in [-0.39, 0.29) is 30.1 Å². The minimum Gasteiger partial charge on any atom is -0.332 e. The number of fused-ring (bicyclic) bond motifs is 2. The lowest BCUT2D eigenvalue weighted by Gasteiger charge is -2.23. The summed E-state index contributed by atoms with van der Waals surface area (Å²) in [6.45, 7) is 2.13. The number of unbranched alkanes of at least 4 members (excludes halogenated alkanes) is 1. The first-order chi connectivity index (χ1) is 12.1. The highest BCUT2D eigenvalue weighted by molar-refractivity contribution is 8.00. The van der Waals surface area contributed by atoms with E-state index in [9.17, 15) is 9.59 Å². The number of carbonyl (C=O) groups excluding carboxylic acids is 2. The van der Waals surface area contributed by atoms with Crippen molar-refractivity contribution in [3.8, 4) is 0 Å². The van der Waals surface area contributed by atoms with Gasteiger partial charge in [0, 0.05) is 29.2 Å². The van der Waals surface area contributed by atoms with Gasteiger partial charge in [-0.3, -0.25) is 4.79 Å². The summed E-state index contributed by atoms with van der Waals surface area (Å²) in [5, 5.41) is 6.48. The molecule has 134 valence electrons. The second kappa shape index (κ2) is 6.90. The summed E-state index contributed by atoms with van der Waals surface area (Å²) >= 11 is 1.94. The molecule has 0 spiro atoms. The van der Waals surface area contributed by atoms with Gasteiger partial charge in [0.1, 0.15) is 0 Å². The van der Waals surface area contributed by atoms with E-state index in [2.05, 4.69) is 29.7 Å². The number of amides is 3. The molecule has 1 aromatic carbocycles. The Morgan fingerprint density at radius 1 is 1.28 bits per heavy atom. The normalized spacial score (nSPS) is 30.0. The molecule has 2 saturated heterocycles. The summed E-state index contributed by atoms with van der Waals surface area (Å²) in [4.78, 5) is 26.1. The molecule has 4 atom stereocenters. The third-order valence-corrected chi connectivity index (χ3v) is 7.05. The van der Waals surface area contributed by atoms with Crippen LogP contribution in [0.5, 0.6) is 0 Å². The lowest BCUT2D eigenvalue weighted by molar-refractivity contribution is -0.119. The van der Waals surface area contributed by atoms with Crippen LogP contribution in [0.25, 0.3) is 0 Å². The summed E-state index contributed by atoms with van der Waals surface area (Å²) in [5.41, 5.74) is 2.37. The molecule has 25 heavy (non-hydrogen) atoms. The summed E-state index contributed by atoms with van der Waals surface area (Å²) in [7, 11) is 0. The Morgan fingerprint density at radius 2 is 2.12 bits per heavy atom. The van der Waals surface area contributed by atoms with E-state index >= 15 is 0 Å². The number of anilines is 1. The predicted molar refractivity (Wildman–Crippen MR) is 101 cm³/mol. The minimum atomic E-state index is -0.0304. The zero-order valence-corrected chi connectivity index (χ0v) is 15.3. The van der Waals surface area contributed by atoms with Crippen molar-refractivity contribution in [2.45, 2.75) is 62.4 Å². The number of carbonyl (C=O) groups is 2. The van der Waals surface area contributed by atoms with Gasteiger partial charge in [0.15, 0.2) is 0 Å². The Hall–Kier alpha value is -1.69. The van der Waals surface area contributed by atoms with E-state index in [1.165, 1.54) is 5.56 Å². The van der Waals surface area contributed by atoms with E-state index in [1.807, 2.05) is 28.8 Å². The van der Waals surface area contributed by atoms with Crippen LogP contribution in [-0.2, 0) is 11.2 Å². The first-order valence-electron chi connectivity index (χ1n) is 9.22. The third kappa shape index (κ3) is 3.24. The van der Waals surface area contributed by atoms with Crippen molar-refractivity contribution in [1.29, 1.82) is 0 Å². The maximum Gasteiger partial charge on any atom is 0.315 e. The molecule has 2 N–H and O–H groups in total. The fourth-order valence-corrected chi connectivity index (χ4v) is 5.87. The number of thioether (sulfide) groups is 1. The van der Waals surface area contributed by atoms with Crippen LogP contribution in [0, 0.1) is 0 Å². The van der Waals surface area contributed by atoms with Crippen LogP contribution in [0.4, 0.5) is 10.5 Å². The summed E-state index contributed by atoms with van der Waals surface area (Å²) in [6.07, 6.45) is 4.57. The zero-order chi connectivity index (χ0) is 17.4. The van der Waals surface area contributed by atoms with Crippen molar-refractivity contribution >= 4 is 29.4 Å². The number of urea groups is 1. The maximum absolute atomic E-state index is 12.7. The van der Waals surface area contributed by atoms with Crippen LogP contribution in [0.3, 0.4) is 0 Å². The number of benzene rings is 1. The van der Waals surface area contributed by atoms with Gasteiger partial charge in [0.2, 0.25) is 5.91 Å². The Bertz CT molecular complexity index is 680. The SMILES string of the molecule is C[C@H]1Cc2ccccc2N1C(=O)CCCC[C@@H]1SC[C@@H]2NC(=O)N[C@@H]21. The van der Waals surface area contributed by atoms with Gasteiger partial charge in [0.05, 0.1) is 12.1 Å². The monoisotopic (exact) mass is 359 g/mol. The number of nitrogens with one attached hydrogen (secondary N) is 2. The first-order valence-corrected chi connectivity index (χ1v) is 10.3. The molecule has 3 heterocycles. The van der Waals surface area contributed by atoms with Gasteiger partial charge < -0.3 is 15.5 Å². The standard InChI is InChI=1S/C19H25N3O2S/c1-12-10-13-6-2-3-7-15(13)22(12)17(23)9-5-4-8-16-18-14(11-25-16)20-19(24)21-18/h2-3,6-7,12,14,16,18H,4-5,8-11H2,1H3,(H2,20,21,24)/t12-,14-,16-,18-/m0/s1. The number of hydrogen-bond acceptors (Lipinski definition) is 3. The van der Waals surface area contributed by atoms with Crippen molar-refractivity contribution in [1.82, 2.24) is 10.6 Å². The topological polar surface area (TPSA) is 61.4 Å². The molecule has 3 aliphatic heterocycles. The Labute approximate surface area is 152 Å². The average Bonchev–Trinajstić information content (AvgIpc) is 3.23. The van der Waals surface area contributed by atoms with Gasteiger partial charge in [-0.05, 0) is 37.8 Å². The van der Waals surface area contributed by atoms with Gasteiger partial charge in [0.25, 0.3) is 0 Å². The number of hydrogen-bond donors (Lipinski definition) is 2. The van der Waals surface area contributed by atoms with Crippen molar-refractivity contribution in [3.63, 3.8) is 0 Å². The quantitative estimate of drug-likeness (QED) is 0.628. The summed E-state index contributed by atoms with van der Waals surface area (Å²) in [5.74, 6) is 1.24. The highest BCUT2D eigenvalue weighted by atomic mass is 32.2. The van der Waals surface area contributed by atoms with E-state index in [4.69, 9.17) is 0 Å². The van der Waals surface area contributed by atoms with Crippen molar-refractivity contribution in [2.75, 3.05) is 10.7 Å². The van der Waals surface area contributed by atoms with Gasteiger partial charge in [-0.25, -0.2) is 4.79 Å². The van der Waals surface area contributed by atoms with E-state index in [0.717, 1.165) is 37.1 Å². The van der Waals surface area contributed by atoms with Crippen molar-refractivity contribution in [3.05, 3.63) is 29.8 Å². The van der Waals surface area contributed by atoms with Crippen molar-refractivity contribution in [2.24, 2.45) is 0 Å². The van der Waals surface area contributed by atoms with Crippen LogP contribution < -0.4 is 15.5 Å². The number of nitrogens with zero attached hydrogens (tertiary/aromatic N) is 1. The van der Waals surface area contributed by atoms with Crippen LogP contribution in [0.2, 0.25) is 0 Å². The van der Waals surface area contributed by atoms with E-state index in [1.54, 1.807) is 0 Å². The van der Waals surface area contributed by atoms with E-state index < -0.39 is 0 Å². The lowest BCUT2D eigenvalue weighted by atomic mass is 10.0. The van der Waals surface area contributed by atoms with Gasteiger partial charge >= 0.3 is 6.03 Å². The van der Waals surface area contributed by atoms with Crippen LogP contribution in [-0.4, -0.2) is 41.1 Å². The number of rotatable bonds is 5. The Morgan fingerprint density at radius 3 is 3.00 bits per heavy atom. The van der Waals surface area contributed by atoms with E-state index in [0.29, 0.717) is 11.7 Å². The van der Waals surface area contributed by atoms with Crippen molar-refractivity contribution < 1.29 is 9.59 Å². The Kier molecular flexibility index (Phi) is 4.63. The molecule has 4 rings (SSSR count). The lowest BCUT2D eigenvalue weighted by Crippen LogP contribution is -2.37.